The highest BCUT2D eigenvalue weighted by molar-refractivity contribution is 7.98. The standard InChI is InChI=1S/C14H17N3O6S/c1-24-7-6-22-14(20)23-12-9(18)2-3-17-11(12)13(19)16-4-5-21-8-10(16)15-17/h2-3,10,15H,4-8H2,1H3/t10-/m0/s1. The topological polar surface area (TPSA) is 99.1 Å². The number of fused-ring (bicyclic) bond motifs is 2. The molecule has 3 rings (SSSR count). The summed E-state index contributed by atoms with van der Waals surface area (Å²) in [5.41, 5.74) is 2.45. The Morgan fingerprint density at radius 1 is 1.50 bits per heavy atom. The molecular formula is C14H17N3O6S. The van der Waals surface area contributed by atoms with E-state index in [1.807, 2.05) is 6.26 Å². The van der Waals surface area contributed by atoms with Gasteiger partial charge < -0.3 is 24.5 Å². The van der Waals surface area contributed by atoms with Crippen molar-refractivity contribution >= 4 is 23.8 Å². The Hall–Kier alpha value is -2.20. The predicted octanol–water partition coefficient (Wildman–Crippen LogP) is 0.0823. The molecule has 0 spiro atoms. The van der Waals surface area contributed by atoms with E-state index in [0.717, 1.165) is 0 Å². The third-order valence-electron chi connectivity index (χ3n) is 3.63. The molecule has 0 saturated carbocycles. The molecular weight excluding hydrogens is 338 g/mol. The molecule has 1 aromatic heterocycles. The van der Waals surface area contributed by atoms with E-state index in [2.05, 4.69) is 5.43 Å². The number of amides is 1. The summed E-state index contributed by atoms with van der Waals surface area (Å²) < 4.78 is 16.6. The van der Waals surface area contributed by atoms with Crippen molar-refractivity contribution in [3.63, 3.8) is 0 Å². The Labute approximate surface area is 141 Å². The maximum Gasteiger partial charge on any atom is 0.514 e. The van der Waals surface area contributed by atoms with Gasteiger partial charge in [-0.1, -0.05) is 0 Å². The van der Waals surface area contributed by atoms with Crippen LogP contribution in [0.1, 0.15) is 10.5 Å². The van der Waals surface area contributed by atoms with E-state index in [9.17, 15) is 14.4 Å². The van der Waals surface area contributed by atoms with Gasteiger partial charge in [-0.25, -0.2) is 4.79 Å². The highest BCUT2D eigenvalue weighted by Gasteiger charge is 2.37. The Morgan fingerprint density at radius 3 is 3.12 bits per heavy atom. The lowest BCUT2D eigenvalue weighted by molar-refractivity contribution is -0.00321. The first-order valence-corrected chi connectivity index (χ1v) is 8.75. The molecule has 1 fully saturated rings. The lowest BCUT2D eigenvalue weighted by Gasteiger charge is -2.41. The van der Waals surface area contributed by atoms with Crippen LogP contribution in [0.25, 0.3) is 0 Å². The maximum absolute atomic E-state index is 12.7. The van der Waals surface area contributed by atoms with Crippen molar-refractivity contribution in [3.8, 4) is 5.75 Å². The van der Waals surface area contributed by atoms with Crippen molar-refractivity contribution in [1.82, 2.24) is 9.58 Å². The summed E-state index contributed by atoms with van der Waals surface area (Å²) in [5.74, 6) is -0.127. The Balaban J connectivity index is 1.87. The van der Waals surface area contributed by atoms with Crippen molar-refractivity contribution in [2.75, 3.05) is 43.8 Å². The van der Waals surface area contributed by atoms with E-state index in [1.54, 1.807) is 4.90 Å². The molecule has 0 bridgehead atoms. The number of morpholine rings is 1. The zero-order chi connectivity index (χ0) is 17.1. The van der Waals surface area contributed by atoms with Gasteiger partial charge in [-0.15, -0.1) is 0 Å². The Bertz CT molecular complexity index is 706. The number of carbonyl (C=O) groups is 2. The molecule has 2 aliphatic heterocycles. The average Bonchev–Trinajstić information content (AvgIpc) is 2.58. The van der Waals surface area contributed by atoms with Gasteiger partial charge in [0.1, 0.15) is 12.8 Å². The molecule has 1 atom stereocenters. The molecule has 1 N–H and O–H groups in total. The lowest BCUT2D eigenvalue weighted by atomic mass is 10.2. The fourth-order valence-corrected chi connectivity index (χ4v) is 2.75. The molecule has 0 unspecified atom stereocenters. The fraction of sp³-hybridized carbons (Fsp3) is 0.500. The van der Waals surface area contributed by atoms with E-state index in [1.165, 1.54) is 28.7 Å². The number of pyridine rings is 1. The zero-order valence-electron chi connectivity index (χ0n) is 13.0. The van der Waals surface area contributed by atoms with Gasteiger partial charge in [0, 0.05) is 24.6 Å². The largest absolute Gasteiger partial charge is 0.514 e. The molecule has 0 aliphatic carbocycles. The second-order valence-electron chi connectivity index (χ2n) is 5.14. The lowest BCUT2D eigenvalue weighted by Crippen LogP contribution is -2.59. The SMILES string of the molecule is CSCCOC(=O)Oc1c2n(ccc1=O)N[C@@H]1COCCN1C2=O. The zero-order valence-corrected chi connectivity index (χ0v) is 13.8. The normalized spacial score (nSPS) is 19.1. The van der Waals surface area contributed by atoms with Crippen molar-refractivity contribution < 1.29 is 23.8 Å². The predicted molar refractivity (Wildman–Crippen MR) is 86.1 cm³/mol. The number of aromatic nitrogens is 1. The van der Waals surface area contributed by atoms with Gasteiger partial charge in [-0.3, -0.25) is 14.3 Å². The summed E-state index contributed by atoms with van der Waals surface area (Å²) in [5, 5.41) is 0. The molecule has 10 heteroatoms. The molecule has 130 valence electrons. The number of carbonyl (C=O) groups excluding carboxylic acids is 2. The van der Waals surface area contributed by atoms with E-state index in [0.29, 0.717) is 25.5 Å². The molecule has 1 aromatic rings. The minimum atomic E-state index is -1.01. The van der Waals surface area contributed by atoms with Crippen LogP contribution in [0.3, 0.4) is 0 Å². The number of thioether (sulfide) groups is 1. The van der Waals surface area contributed by atoms with Gasteiger partial charge in [-0.05, 0) is 6.26 Å². The maximum atomic E-state index is 12.7. The minimum absolute atomic E-state index is 0.0255. The summed E-state index contributed by atoms with van der Waals surface area (Å²) >= 11 is 1.51. The number of nitrogens with one attached hydrogen (secondary N) is 1. The van der Waals surface area contributed by atoms with Gasteiger partial charge in [0.2, 0.25) is 11.2 Å². The fourth-order valence-electron chi connectivity index (χ4n) is 2.50. The highest BCUT2D eigenvalue weighted by atomic mass is 32.2. The molecule has 1 saturated heterocycles. The number of hydrogen-bond acceptors (Lipinski definition) is 8. The minimum Gasteiger partial charge on any atom is -0.433 e. The summed E-state index contributed by atoms with van der Waals surface area (Å²) in [4.78, 5) is 38.1. The van der Waals surface area contributed by atoms with E-state index < -0.39 is 17.5 Å². The molecule has 3 heterocycles. The van der Waals surface area contributed by atoms with Crippen molar-refractivity contribution in [2.24, 2.45) is 0 Å². The van der Waals surface area contributed by atoms with E-state index in [4.69, 9.17) is 14.2 Å². The summed E-state index contributed by atoms with van der Waals surface area (Å²) in [6.07, 6.45) is 1.96. The molecule has 9 nitrogen and oxygen atoms in total. The first-order valence-electron chi connectivity index (χ1n) is 7.36. The van der Waals surface area contributed by atoms with Crippen molar-refractivity contribution in [1.29, 1.82) is 0 Å². The van der Waals surface area contributed by atoms with Gasteiger partial charge in [0.25, 0.3) is 5.91 Å². The van der Waals surface area contributed by atoms with Crippen LogP contribution in [-0.2, 0) is 9.47 Å². The smallest absolute Gasteiger partial charge is 0.433 e. The Morgan fingerprint density at radius 2 is 2.33 bits per heavy atom. The number of hydrogen-bond donors (Lipinski definition) is 1. The molecule has 1 amide bonds. The van der Waals surface area contributed by atoms with Crippen molar-refractivity contribution in [3.05, 3.63) is 28.2 Å². The van der Waals surface area contributed by atoms with E-state index in [-0.39, 0.29) is 24.2 Å². The van der Waals surface area contributed by atoms with Crippen LogP contribution in [0, 0.1) is 0 Å². The summed E-state index contributed by atoms with van der Waals surface area (Å²) in [7, 11) is 0. The van der Waals surface area contributed by atoms with Gasteiger partial charge >= 0.3 is 6.16 Å². The van der Waals surface area contributed by atoms with Crippen molar-refractivity contribution in [2.45, 2.75) is 6.17 Å². The van der Waals surface area contributed by atoms with Crippen LogP contribution in [0.2, 0.25) is 0 Å². The second kappa shape index (κ2) is 7.14. The first-order chi connectivity index (χ1) is 11.6. The first kappa shape index (κ1) is 16.7. The molecule has 24 heavy (non-hydrogen) atoms. The summed E-state index contributed by atoms with van der Waals surface area (Å²) in [6.45, 7) is 1.30. The molecule has 0 aromatic carbocycles. The number of rotatable bonds is 4. The van der Waals surface area contributed by atoms with E-state index >= 15 is 0 Å². The monoisotopic (exact) mass is 355 g/mol. The second-order valence-corrected chi connectivity index (χ2v) is 6.13. The molecule has 2 aliphatic rings. The number of ether oxygens (including phenoxy) is 3. The average molecular weight is 355 g/mol. The quantitative estimate of drug-likeness (QED) is 0.599. The van der Waals surface area contributed by atoms with Crippen LogP contribution in [0.5, 0.6) is 5.75 Å². The van der Waals surface area contributed by atoms with Crippen LogP contribution >= 0.6 is 11.8 Å². The summed E-state index contributed by atoms with van der Waals surface area (Å²) in [6, 6.07) is 1.22. The van der Waals surface area contributed by atoms with Crippen LogP contribution in [0.15, 0.2) is 17.1 Å². The third kappa shape index (κ3) is 3.20. The van der Waals surface area contributed by atoms with Crippen LogP contribution in [-0.4, -0.2) is 66.2 Å². The van der Waals surface area contributed by atoms with Gasteiger partial charge in [0.05, 0.1) is 13.2 Å². The highest BCUT2D eigenvalue weighted by Crippen LogP contribution is 2.22. The third-order valence-corrected chi connectivity index (χ3v) is 4.20. The molecule has 0 radical (unpaired) electrons. The van der Waals surface area contributed by atoms with Crippen LogP contribution in [0.4, 0.5) is 4.79 Å². The number of nitrogens with zero attached hydrogens (tertiary/aromatic N) is 2. The van der Waals surface area contributed by atoms with Gasteiger partial charge in [0.15, 0.2) is 5.69 Å². The van der Waals surface area contributed by atoms with Gasteiger partial charge in [-0.2, -0.15) is 11.8 Å². The van der Waals surface area contributed by atoms with Crippen LogP contribution < -0.4 is 15.6 Å². The Kier molecular flexibility index (Phi) is 4.95.